The van der Waals surface area contributed by atoms with Crippen molar-refractivity contribution in [3.8, 4) is 0 Å². The highest BCUT2D eigenvalue weighted by molar-refractivity contribution is 8.28. The van der Waals surface area contributed by atoms with Crippen LogP contribution in [0.2, 0.25) is 0 Å². The maximum atomic E-state index is 12.1. The van der Waals surface area contributed by atoms with Crippen molar-refractivity contribution >= 4 is 39.3 Å². The van der Waals surface area contributed by atoms with E-state index < -0.39 is 21.1 Å². The Kier molecular flexibility index (Phi) is 5.15. The summed E-state index contributed by atoms with van der Waals surface area (Å²) in [5.41, 5.74) is 0. The van der Waals surface area contributed by atoms with E-state index in [2.05, 4.69) is 0 Å². The van der Waals surface area contributed by atoms with Gasteiger partial charge in [-0.3, -0.25) is 0 Å². The highest BCUT2D eigenvalue weighted by Gasteiger charge is 2.33. The molecule has 0 aromatic carbocycles. The third-order valence-corrected chi connectivity index (χ3v) is 6.53. The number of ether oxygens (including phenoxy) is 1. The molecule has 0 N–H and O–H groups in total. The molecule has 1 aliphatic heterocycles. The molecule has 0 spiro atoms. The van der Waals surface area contributed by atoms with Crippen molar-refractivity contribution in [2.45, 2.75) is 26.0 Å². The Morgan fingerprint density at radius 3 is 2.29 bits per heavy atom. The van der Waals surface area contributed by atoms with Gasteiger partial charge in [-0.1, -0.05) is 23.5 Å². The molecule has 1 rings (SSSR count). The number of carbonyl (C=O) groups excluding carboxylic acids is 1. The van der Waals surface area contributed by atoms with Gasteiger partial charge >= 0.3 is 5.97 Å². The van der Waals surface area contributed by atoms with Crippen molar-refractivity contribution in [2.75, 3.05) is 6.61 Å². The Labute approximate surface area is 110 Å². The summed E-state index contributed by atoms with van der Waals surface area (Å²) in [5.74, 6) is -0.764. The largest absolute Gasteiger partial charge is 0.462 e. The van der Waals surface area contributed by atoms with Gasteiger partial charge in [-0.25, -0.2) is 13.2 Å². The highest BCUT2D eigenvalue weighted by atomic mass is 32.2. The molecule has 17 heavy (non-hydrogen) atoms. The summed E-state index contributed by atoms with van der Waals surface area (Å²) in [4.78, 5) is 11.6. The van der Waals surface area contributed by atoms with Crippen LogP contribution in [0.4, 0.5) is 0 Å². The van der Waals surface area contributed by atoms with E-state index in [0.717, 1.165) is 0 Å². The molecule has 0 unspecified atom stereocenters. The van der Waals surface area contributed by atoms with E-state index in [1.807, 2.05) is 0 Å². The van der Waals surface area contributed by atoms with Crippen LogP contribution >= 0.6 is 23.5 Å². The number of hydrogen-bond acceptors (Lipinski definition) is 6. The lowest BCUT2D eigenvalue weighted by atomic mass is 10.6. The fraction of sp³-hybridized carbons (Fsp3) is 0.500. The first-order chi connectivity index (χ1) is 7.91. The monoisotopic (exact) mass is 294 g/mol. The van der Waals surface area contributed by atoms with E-state index in [4.69, 9.17) is 4.74 Å². The fourth-order valence-corrected chi connectivity index (χ4v) is 4.67. The summed E-state index contributed by atoms with van der Waals surface area (Å²) >= 11 is 2.46. The zero-order valence-corrected chi connectivity index (χ0v) is 12.2. The first-order valence-corrected chi connectivity index (χ1v) is 8.35. The van der Waals surface area contributed by atoms with Crippen LogP contribution < -0.4 is 0 Å². The number of hydrogen-bond donors (Lipinski definition) is 0. The predicted octanol–water partition coefficient (Wildman–Crippen LogP) is 2.49. The molecule has 0 aliphatic carbocycles. The maximum absolute atomic E-state index is 12.1. The van der Waals surface area contributed by atoms with Crippen molar-refractivity contribution in [1.82, 2.24) is 0 Å². The molecule has 0 fully saturated rings. The zero-order chi connectivity index (χ0) is 13.1. The van der Waals surface area contributed by atoms with Gasteiger partial charge in [0.15, 0.2) is 14.7 Å². The smallest absolute Gasteiger partial charge is 0.351 e. The Hall–Kier alpha value is -0.400. The zero-order valence-electron chi connectivity index (χ0n) is 9.80. The minimum Gasteiger partial charge on any atom is -0.462 e. The molecule has 96 valence electrons. The lowest BCUT2D eigenvalue weighted by Gasteiger charge is -2.12. The number of sulfone groups is 1. The summed E-state index contributed by atoms with van der Waals surface area (Å²) in [5, 5.41) is 2.85. The molecule has 0 aromatic heterocycles. The van der Waals surface area contributed by atoms with Crippen LogP contribution in [0.25, 0.3) is 0 Å². The minimum atomic E-state index is -3.62. The summed E-state index contributed by atoms with van der Waals surface area (Å²) < 4.78 is 29.5. The molecule has 7 heteroatoms. The Morgan fingerprint density at radius 1 is 1.35 bits per heavy atom. The fourth-order valence-electron chi connectivity index (χ4n) is 1.06. The molecule has 0 amide bonds. The normalized spacial score (nSPS) is 15.4. The van der Waals surface area contributed by atoms with Crippen LogP contribution in [-0.2, 0) is 19.4 Å². The minimum absolute atomic E-state index is 0.159. The molecule has 4 nitrogen and oxygen atoms in total. The molecule has 0 aromatic rings. The predicted molar refractivity (Wildman–Crippen MR) is 72.0 cm³/mol. The molecule has 0 bridgehead atoms. The average molecular weight is 294 g/mol. The quantitative estimate of drug-likeness (QED) is 0.586. The first kappa shape index (κ1) is 14.7. The SMILES string of the molecule is CCOC(=O)C(=C1SC=CS1)S(=O)(=O)C(C)C. The van der Waals surface area contributed by atoms with E-state index >= 15 is 0 Å². The van der Waals surface area contributed by atoms with Gasteiger partial charge < -0.3 is 4.74 Å². The average Bonchev–Trinajstić information content (AvgIpc) is 2.70. The van der Waals surface area contributed by atoms with Crippen molar-refractivity contribution in [2.24, 2.45) is 0 Å². The van der Waals surface area contributed by atoms with Gasteiger partial charge in [0.1, 0.15) is 0 Å². The van der Waals surface area contributed by atoms with E-state index in [1.165, 1.54) is 23.5 Å². The van der Waals surface area contributed by atoms with Gasteiger partial charge in [0.05, 0.1) is 16.1 Å². The molecule has 1 aliphatic rings. The lowest BCUT2D eigenvalue weighted by Crippen LogP contribution is -2.24. The molecule has 0 saturated carbocycles. The van der Waals surface area contributed by atoms with E-state index in [9.17, 15) is 13.2 Å². The first-order valence-electron chi connectivity index (χ1n) is 5.04. The van der Waals surface area contributed by atoms with Crippen LogP contribution in [-0.4, -0.2) is 26.2 Å². The summed E-state index contributed by atoms with van der Waals surface area (Å²) in [6, 6.07) is 0. The third kappa shape index (κ3) is 3.29. The van der Waals surface area contributed by atoms with Crippen molar-refractivity contribution < 1.29 is 17.9 Å². The van der Waals surface area contributed by atoms with Crippen LogP contribution in [0.3, 0.4) is 0 Å². The van der Waals surface area contributed by atoms with Gasteiger partial charge in [-0.15, -0.1) is 0 Å². The Morgan fingerprint density at radius 2 is 1.88 bits per heavy atom. The molecular formula is C10H14O4S3. The van der Waals surface area contributed by atoms with Crippen LogP contribution in [0.1, 0.15) is 20.8 Å². The van der Waals surface area contributed by atoms with E-state index in [1.54, 1.807) is 31.6 Å². The Balaban J connectivity index is 3.22. The van der Waals surface area contributed by atoms with Gasteiger partial charge in [-0.05, 0) is 31.6 Å². The van der Waals surface area contributed by atoms with E-state index in [-0.39, 0.29) is 11.5 Å². The van der Waals surface area contributed by atoms with Crippen molar-refractivity contribution in [3.63, 3.8) is 0 Å². The second kappa shape index (κ2) is 5.97. The second-order valence-corrected chi connectivity index (χ2v) is 7.97. The lowest BCUT2D eigenvalue weighted by molar-refractivity contribution is -0.137. The standard InChI is InChI=1S/C10H14O4S3/c1-4-14-9(11)8(10-15-5-6-16-10)17(12,13)7(2)3/h5-7H,4H2,1-3H3. The van der Waals surface area contributed by atoms with Gasteiger partial charge in [0, 0.05) is 0 Å². The number of carbonyl (C=O) groups is 1. The molecule has 1 heterocycles. The van der Waals surface area contributed by atoms with Gasteiger partial charge in [-0.2, -0.15) is 0 Å². The molecule has 0 radical (unpaired) electrons. The van der Waals surface area contributed by atoms with Crippen molar-refractivity contribution in [3.05, 3.63) is 20.0 Å². The molecule has 0 atom stereocenters. The number of esters is 1. The highest BCUT2D eigenvalue weighted by Crippen LogP contribution is 2.42. The second-order valence-electron chi connectivity index (χ2n) is 3.44. The molecule has 0 saturated heterocycles. The van der Waals surface area contributed by atoms with Crippen molar-refractivity contribution in [1.29, 1.82) is 0 Å². The van der Waals surface area contributed by atoms with Crippen LogP contribution in [0.15, 0.2) is 20.0 Å². The summed E-state index contributed by atoms with van der Waals surface area (Å²) in [7, 11) is -3.62. The number of thioether (sulfide) groups is 2. The van der Waals surface area contributed by atoms with Gasteiger partial charge in [0.25, 0.3) is 0 Å². The summed E-state index contributed by atoms with van der Waals surface area (Å²) in [6.45, 7) is 4.90. The third-order valence-electron chi connectivity index (χ3n) is 1.96. The Bertz CT molecular complexity index is 450. The maximum Gasteiger partial charge on any atom is 0.351 e. The number of rotatable bonds is 4. The topological polar surface area (TPSA) is 60.4 Å². The van der Waals surface area contributed by atoms with Crippen LogP contribution in [0, 0.1) is 0 Å². The molecular weight excluding hydrogens is 280 g/mol. The van der Waals surface area contributed by atoms with Crippen LogP contribution in [0.5, 0.6) is 0 Å². The van der Waals surface area contributed by atoms with E-state index in [0.29, 0.717) is 4.24 Å². The van der Waals surface area contributed by atoms with Gasteiger partial charge in [0.2, 0.25) is 0 Å². The summed E-state index contributed by atoms with van der Waals surface area (Å²) in [6.07, 6.45) is 0.